The molecule has 0 aliphatic rings. The van der Waals surface area contributed by atoms with Crippen molar-refractivity contribution >= 4 is 6.09 Å². The minimum absolute atomic E-state index is 0.0170. The number of ether oxygens (including phenoxy) is 1. The maximum absolute atomic E-state index is 13.7. The Morgan fingerprint density at radius 3 is 2.50 bits per heavy atom. The Labute approximate surface area is 131 Å². The predicted molar refractivity (Wildman–Crippen MR) is 82.9 cm³/mol. The van der Waals surface area contributed by atoms with Gasteiger partial charge in [-0.25, -0.2) is 9.18 Å². The number of carbonyl (C=O) groups is 1. The molecule has 120 valence electrons. The maximum atomic E-state index is 13.7. The molecule has 0 N–H and O–H groups in total. The topological polar surface area (TPSA) is 53.3 Å². The molecule has 1 atom stereocenters. The van der Waals surface area contributed by atoms with E-state index in [2.05, 4.69) is 0 Å². The van der Waals surface area contributed by atoms with E-state index in [4.69, 9.17) is 10.00 Å². The molecule has 1 amide bonds. The molecular formula is C17H23FN2O2. The third-order valence-electron chi connectivity index (χ3n) is 3.44. The van der Waals surface area contributed by atoms with Crippen molar-refractivity contribution in [1.29, 1.82) is 5.26 Å². The van der Waals surface area contributed by atoms with E-state index in [-0.39, 0.29) is 11.6 Å². The fourth-order valence-corrected chi connectivity index (χ4v) is 2.11. The zero-order valence-electron chi connectivity index (χ0n) is 14.0. The molecule has 5 heteroatoms. The average molecular weight is 306 g/mol. The molecule has 4 nitrogen and oxygen atoms in total. The number of amides is 1. The van der Waals surface area contributed by atoms with Gasteiger partial charge in [-0.15, -0.1) is 0 Å². The summed E-state index contributed by atoms with van der Waals surface area (Å²) < 4.78 is 19.1. The number of nitrogens with zero attached hydrogens (tertiary/aromatic N) is 2. The van der Waals surface area contributed by atoms with Gasteiger partial charge in [0.05, 0.1) is 11.6 Å². The van der Waals surface area contributed by atoms with Crippen LogP contribution in [0.15, 0.2) is 12.1 Å². The number of hydrogen-bond donors (Lipinski definition) is 0. The fraction of sp³-hybridized carbons (Fsp3) is 0.529. The minimum Gasteiger partial charge on any atom is -0.444 e. The standard InChI is InChI=1S/C17H23FN2O2/c1-7-12-9-15(18)13(10-19)8-14(12)11(2)20(6)16(21)22-17(3,4)5/h8-9,11H,7H2,1-6H3/t11-/m1/s1. The molecule has 1 rings (SSSR count). The second-order valence-electron chi connectivity index (χ2n) is 6.26. The van der Waals surface area contributed by atoms with Crippen LogP contribution in [0.25, 0.3) is 0 Å². The first-order valence-electron chi connectivity index (χ1n) is 7.29. The molecule has 0 aromatic heterocycles. The third kappa shape index (κ3) is 4.20. The second kappa shape index (κ2) is 6.78. The third-order valence-corrected chi connectivity index (χ3v) is 3.44. The van der Waals surface area contributed by atoms with Gasteiger partial charge in [-0.3, -0.25) is 0 Å². The van der Waals surface area contributed by atoms with Crippen LogP contribution in [0, 0.1) is 17.1 Å². The smallest absolute Gasteiger partial charge is 0.410 e. The SMILES string of the molecule is CCc1cc(F)c(C#N)cc1[C@@H](C)N(C)C(=O)OC(C)(C)C. The van der Waals surface area contributed by atoms with E-state index in [1.807, 2.05) is 19.9 Å². The van der Waals surface area contributed by atoms with Gasteiger partial charge in [0.25, 0.3) is 0 Å². The van der Waals surface area contributed by atoms with Crippen LogP contribution in [-0.2, 0) is 11.2 Å². The molecule has 0 spiro atoms. The van der Waals surface area contributed by atoms with E-state index in [9.17, 15) is 9.18 Å². The first-order chi connectivity index (χ1) is 10.1. The van der Waals surface area contributed by atoms with Crippen LogP contribution >= 0.6 is 0 Å². The molecule has 0 radical (unpaired) electrons. The van der Waals surface area contributed by atoms with Crippen molar-refractivity contribution in [2.75, 3.05) is 7.05 Å². The summed E-state index contributed by atoms with van der Waals surface area (Å²) in [6.07, 6.45) is 0.162. The van der Waals surface area contributed by atoms with Crippen molar-refractivity contribution in [3.63, 3.8) is 0 Å². The Balaban J connectivity index is 3.14. The van der Waals surface area contributed by atoms with Crippen molar-refractivity contribution in [1.82, 2.24) is 4.90 Å². The molecule has 0 heterocycles. The van der Waals surface area contributed by atoms with E-state index in [0.29, 0.717) is 6.42 Å². The monoisotopic (exact) mass is 306 g/mol. The first kappa shape index (κ1) is 18.0. The van der Waals surface area contributed by atoms with E-state index in [1.54, 1.807) is 27.8 Å². The number of hydrogen-bond acceptors (Lipinski definition) is 3. The number of rotatable bonds is 3. The zero-order chi connectivity index (χ0) is 17.1. The van der Waals surface area contributed by atoms with Crippen molar-refractivity contribution < 1.29 is 13.9 Å². The van der Waals surface area contributed by atoms with E-state index in [0.717, 1.165) is 11.1 Å². The quantitative estimate of drug-likeness (QED) is 0.841. The van der Waals surface area contributed by atoms with Crippen molar-refractivity contribution in [2.24, 2.45) is 0 Å². The lowest BCUT2D eigenvalue weighted by atomic mass is 9.96. The van der Waals surface area contributed by atoms with E-state index in [1.165, 1.54) is 17.0 Å². The normalized spacial score (nSPS) is 12.5. The first-order valence-corrected chi connectivity index (χ1v) is 7.29. The maximum Gasteiger partial charge on any atom is 0.410 e. The Bertz CT molecular complexity index is 600. The van der Waals surface area contributed by atoms with Gasteiger partial charge < -0.3 is 9.64 Å². The largest absolute Gasteiger partial charge is 0.444 e. The summed E-state index contributed by atoms with van der Waals surface area (Å²) in [7, 11) is 1.63. The highest BCUT2D eigenvalue weighted by Gasteiger charge is 2.25. The van der Waals surface area contributed by atoms with Gasteiger partial charge in [-0.05, 0) is 57.4 Å². The summed E-state index contributed by atoms with van der Waals surface area (Å²) in [6, 6.07) is 4.40. The molecule has 0 saturated carbocycles. The lowest BCUT2D eigenvalue weighted by Gasteiger charge is -2.30. The van der Waals surface area contributed by atoms with Gasteiger partial charge in [-0.1, -0.05) is 6.92 Å². The lowest BCUT2D eigenvalue weighted by Crippen LogP contribution is -2.36. The molecule has 0 fully saturated rings. The van der Waals surface area contributed by atoms with Crippen LogP contribution in [0.4, 0.5) is 9.18 Å². The summed E-state index contributed by atoms with van der Waals surface area (Å²) in [5, 5.41) is 8.99. The molecule has 0 bridgehead atoms. The molecule has 1 aromatic rings. The highest BCUT2D eigenvalue weighted by atomic mass is 19.1. The summed E-state index contributed by atoms with van der Waals surface area (Å²) in [5.74, 6) is -0.532. The molecule has 0 saturated heterocycles. The van der Waals surface area contributed by atoms with Gasteiger partial charge >= 0.3 is 6.09 Å². The predicted octanol–water partition coefficient (Wildman–Crippen LogP) is 4.19. The minimum atomic E-state index is -0.584. The molecule has 22 heavy (non-hydrogen) atoms. The fourth-order valence-electron chi connectivity index (χ4n) is 2.11. The van der Waals surface area contributed by atoms with Crippen LogP contribution in [0.1, 0.15) is 57.4 Å². The van der Waals surface area contributed by atoms with Crippen molar-refractivity contribution in [3.8, 4) is 6.07 Å². The highest BCUT2D eigenvalue weighted by Crippen LogP contribution is 2.27. The van der Waals surface area contributed by atoms with Gasteiger partial charge in [0.2, 0.25) is 0 Å². The van der Waals surface area contributed by atoms with Gasteiger partial charge in [0, 0.05) is 7.05 Å². The Morgan fingerprint density at radius 2 is 2.05 bits per heavy atom. The van der Waals surface area contributed by atoms with Crippen molar-refractivity contribution in [3.05, 3.63) is 34.6 Å². The number of benzene rings is 1. The Morgan fingerprint density at radius 1 is 1.45 bits per heavy atom. The number of aryl methyl sites for hydroxylation is 1. The van der Waals surface area contributed by atoms with Gasteiger partial charge in [0.15, 0.2) is 0 Å². The summed E-state index contributed by atoms with van der Waals surface area (Å²) >= 11 is 0. The molecule has 0 aliphatic carbocycles. The van der Waals surface area contributed by atoms with E-state index >= 15 is 0 Å². The highest BCUT2D eigenvalue weighted by molar-refractivity contribution is 5.68. The summed E-state index contributed by atoms with van der Waals surface area (Å²) in [4.78, 5) is 13.6. The summed E-state index contributed by atoms with van der Waals surface area (Å²) in [6.45, 7) is 9.13. The van der Waals surface area contributed by atoms with Crippen LogP contribution in [0.5, 0.6) is 0 Å². The average Bonchev–Trinajstić information content (AvgIpc) is 2.43. The van der Waals surface area contributed by atoms with E-state index < -0.39 is 17.5 Å². The van der Waals surface area contributed by atoms with Crippen LogP contribution in [-0.4, -0.2) is 23.6 Å². The number of halogens is 1. The van der Waals surface area contributed by atoms with Crippen LogP contribution in [0.2, 0.25) is 0 Å². The summed E-state index contributed by atoms with van der Waals surface area (Å²) in [5.41, 5.74) is 0.934. The molecule has 0 aliphatic heterocycles. The Hall–Kier alpha value is -2.09. The van der Waals surface area contributed by atoms with Crippen molar-refractivity contribution in [2.45, 2.75) is 52.7 Å². The van der Waals surface area contributed by atoms with Crippen LogP contribution < -0.4 is 0 Å². The second-order valence-corrected chi connectivity index (χ2v) is 6.26. The molecule has 1 aromatic carbocycles. The molecular weight excluding hydrogens is 283 g/mol. The van der Waals surface area contributed by atoms with Gasteiger partial charge in [0.1, 0.15) is 17.5 Å². The number of carbonyl (C=O) groups excluding carboxylic acids is 1. The lowest BCUT2D eigenvalue weighted by molar-refractivity contribution is 0.0233. The number of nitriles is 1. The van der Waals surface area contributed by atoms with Gasteiger partial charge in [-0.2, -0.15) is 5.26 Å². The molecule has 0 unspecified atom stereocenters. The Kier molecular flexibility index (Phi) is 5.54. The zero-order valence-corrected chi connectivity index (χ0v) is 14.0. The van der Waals surface area contributed by atoms with Crippen LogP contribution in [0.3, 0.4) is 0 Å².